The number of nitrogens with one attached hydrogen (secondary N) is 1. The van der Waals surface area contributed by atoms with Gasteiger partial charge in [0.25, 0.3) is 0 Å². The number of nitrogens with zero attached hydrogens (tertiary/aromatic N) is 5. The van der Waals surface area contributed by atoms with Crippen molar-refractivity contribution in [1.82, 2.24) is 9.88 Å². The molecule has 0 amide bonds. The third-order valence-corrected chi connectivity index (χ3v) is 15.9. The summed E-state index contributed by atoms with van der Waals surface area (Å²) in [6.07, 6.45) is 19.7. The van der Waals surface area contributed by atoms with Crippen LogP contribution in [0.3, 0.4) is 0 Å². The summed E-state index contributed by atoms with van der Waals surface area (Å²) in [7, 11) is 0. The minimum Gasteiger partial charge on any atom is -0.324 e. The maximum Gasteiger partial charge on any atom is 0.221 e. The SMILES string of the molecule is N#Cc1ccc2c(c1)C1(C3=CC(C=CC=C3)c3ccccc31)c1cc(C3=NC(N4c5cc(-c6ccc7c(c6)c6ccccc6n7-c6ccccc6)ccc5C5C=CC=CC54)N=C(c4ccccc4)N3)ccc1-2. The molecular formula is C66H44N6. The Hall–Kier alpha value is -9.31. The third kappa shape index (κ3) is 5.82. The van der Waals surface area contributed by atoms with Gasteiger partial charge < -0.3 is 14.8 Å². The Kier molecular flexibility index (Phi) is 8.79. The monoisotopic (exact) mass is 920 g/mol. The van der Waals surface area contributed by atoms with Gasteiger partial charge in [-0.25, -0.2) is 9.98 Å². The summed E-state index contributed by atoms with van der Waals surface area (Å²) in [6, 6.07) is 68.0. The third-order valence-electron chi connectivity index (χ3n) is 15.9. The van der Waals surface area contributed by atoms with Gasteiger partial charge in [-0.1, -0.05) is 182 Å². The molecule has 9 aromatic rings. The second-order valence-corrected chi connectivity index (χ2v) is 19.5. The molecule has 5 atom stereocenters. The van der Waals surface area contributed by atoms with Crippen LogP contribution in [-0.4, -0.2) is 28.6 Å². The van der Waals surface area contributed by atoms with Crippen molar-refractivity contribution in [3.05, 3.63) is 287 Å². The van der Waals surface area contributed by atoms with E-state index in [1.165, 1.54) is 49.6 Å². The van der Waals surface area contributed by atoms with Crippen LogP contribution in [0, 0.1) is 11.3 Å². The van der Waals surface area contributed by atoms with Crippen molar-refractivity contribution < 1.29 is 0 Å². The molecule has 8 aromatic carbocycles. The fourth-order valence-electron chi connectivity index (χ4n) is 12.8. The minimum absolute atomic E-state index is 0.00169. The van der Waals surface area contributed by atoms with E-state index >= 15 is 0 Å². The Morgan fingerprint density at radius 2 is 1.22 bits per heavy atom. The summed E-state index contributed by atoms with van der Waals surface area (Å²) in [6.45, 7) is 0. The zero-order chi connectivity index (χ0) is 47.5. The number of anilines is 1. The Balaban J connectivity index is 0.895. The highest BCUT2D eigenvalue weighted by Gasteiger charge is 2.51. The molecule has 6 nitrogen and oxygen atoms in total. The number of amidine groups is 2. The first kappa shape index (κ1) is 40.6. The van der Waals surface area contributed by atoms with Gasteiger partial charge in [-0.15, -0.1) is 0 Å². The van der Waals surface area contributed by atoms with Gasteiger partial charge in [0, 0.05) is 45.1 Å². The molecule has 1 N–H and O–H groups in total. The molecule has 2 bridgehead atoms. The molecule has 2 aliphatic heterocycles. The maximum atomic E-state index is 10.3. The van der Waals surface area contributed by atoms with E-state index in [9.17, 15) is 5.26 Å². The second kappa shape index (κ2) is 15.6. The van der Waals surface area contributed by atoms with E-state index in [-0.39, 0.29) is 17.9 Å². The lowest BCUT2D eigenvalue weighted by atomic mass is 9.61. The molecule has 5 unspecified atom stereocenters. The summed E-state index contributed by atoms with van der Waals surface area (Å²) in [5, 5.41) is 16.5. The van der Waals surface area contributed by atoms with Crippen molar-refractivity contribution in [2.45, 2.75) is 29.6 Å². The molecule has 6 aliphatic rings. The van der Waals surface area contributed by atoms with Gasteiger partial charge in [-0.3, -0.25) is 0 Å². The maximum absolute atomic E-state index is 10.3. The number of para-hydroxylation sites is 2. The van der Waals surface area contributed by atoms with Crippen LogP contribution in [0.2, 0.25) is 0 Å². The predicted octanol–water partition coefficient (Wildman–Crippen LogP) is 14.0. The molecule has 4 aliphatic carbocycles. The number of benzene rings is 8. The quantitative estimate of drug-likeness (QED) is 0.187. The highest BCUT2D eigenvalue weighted by atomic mass is 15.4. The number of hydrogen-bond donors (Lipinski definition) is 1. The first-order valence-corrected chi connectivity index (χ1v) is 24.8. The lowest BCUT2D eigenvalue weighted by Crippen LogP contribution is -2.46. The summed E-state index contributed by atoms with van der Waals surface area (Å²) in [4.78, 5) is 13.6. The van der Waals surface area contributed by atoms with Gasteiger partial charge in [0.1, 0.15) is 11.7 Å². The average molecular weight is 921 g/mol. The zero-order valence-corrected chi connectivity index (χ0v) is 39.1. The van der Waals surface area contributed by atoms with E-state index in [4.69, 9.17) is 9.98 Å². The number of aromatic nitrogens is 1. The number of fused-ring (bicyclic) bond motifs is 16. The van der Waals surface area contributed by atoms with Gasteiger partial charge in [-0.05, 0) is 110 Å². The first-order chi connectivity index (χ1) is 35.6. The summed E-state index contributed by atoms with van der Waals surface area (Å²) < 4.78 is 2.37. The fourth-order valence-corrected chi connectivity index (χ4v) is 12.8. The predicted molar refractivity (Wildman–Crippen MR) is 292 cm³/mol. The van der Waals surface area contributed by atoms with Crippen LogP contribution in [0.5, 0.6) is 0 Å². The van der Waals surface area contributed by atoms with Crippen molar-refractivity contribution in [3.63, 3.8) is 0 Å². The lowest BCUT2D eigenvalue weighted by Gasteiger charge is -2.40. The van der Waals surface area contributed by atoms with Crippen molar-refractivity contribution in [2.24, 2.45) is 9.98 Å². The van der Waals surface area contributed by atoms with Crippen LogP contribution in [-0.2, 0) is 5.41 Å². The minimum atomic E-state index is -0.648. The number of allylic oxidation sites excluding steroid dienone is 8. The molecular weight excluding hydrogens is 877 g/mol. The molecule has 1 aromatic heterocycles. The highest BCUT2D eigenvalue weighted by Crippen LogP contribution is 2.61. The van der Waals surface area contributed by atoms with Crippen LogP contribution in [0.1, 0.15) is 56.3 Å². The Morgan fingerprint density at radius 3 is 2.10 bits per heavy atom. The standard InChI is InChI=1S/C66H44N6/c67-40-41-27-31-50-51-32-29-46(38-58(51)66(57(50)35-41)47-18-8-7-17-45(36-47)49-21-9-12-24-56(49)66)64-68-63(42-15-3-1-4-16-42)69-65(70-64)72-60-26-14-10-22-52(60)54-33-28-44(39-62(54)72)43-30-34-61-55(37-43)53-23-11-13-25-59(53)71(61)48-19-5-2-6-20-48/h1-39,45,52,60,65H,(H,68,69,70). The molecule has 72 heavy (non-hydrogen) atoms. The van der Waals surface area contributed by atoms with E-state index in [1.807, 2.05) is 12.1 Å². The summed E-state index contributed by atoms with van der Waals surface area (Å²) >= 11 is 0. The highest BCUT2D eigenvalue weighted by molar-refractivity contribution is 6.16. The zero-order valence-electron chi connectivity index (χ0n) is 39.1. The van der Waals surface area contributed by atoms with Gasteiger partial charge in [0.15, 0.2) is 0 Å². The summed E-state index contributed by atoms with van der Waals surface area (Å²) in [5.74, 6) is 1.80. The van der Waals surface area contributed by atoms with Crippen molar-refractivity contribution in [2.75, 3.05) is 4.90 Å². The molecule has 0 saturated carbocycles. The Bertz CT molecular complexity index is 4060. The van der Waals surface area contributed by atoms with Crippen molar-refractivity contribution >= 4 is 39.2 Å². The topological polar surface area (TPSA) is 68.7 Å². The fraction of sp³-hybridized carbons (Fsp3) is 0.0758. The number of hydrogen-bond acceptors (Lipinski definition) is 5. The van der Waals surface area contributed by atoms with Gasteiger partial charge >= 0.3 is 0 Å². The molecule has 0 radical (unpaired) electrons. The first-order valence-electron chi connectivity index (χ1n) is 24.8. The van der Waals surface area contributed by atoms with E-state index in [0.29, 0.717) is 5.56 Å². The van der Waals surface area contributed by atoms with E-state index in [1.54, 1.807) is 0 Å². The van der Waals surface area contributed by atoms with Gasteiger partial charge in [0.2, 0.25) is 6.29 Å². The van der Waals surface area contributed by atoms with E-state index < -0.39 is 11.7 Å². The van der Waals surface area contributed by atoms with Crippen LogP contribution in [0.25, 0.3) is 49.7 Å². The number of aliphatic imine (C=N–C) groups is 2. The molecule has 6 heteroatoms. The van der Waals surface area contributed by atoms with Crippen LogP contribution >= 0.6 is 0 Å². The van der Waals surface area contributed by atoms with Crippen LogP contribution in [0.4, 0.5) is 5.69 Å². The molecule has 0 saturated heterocycles. The van der Waals surface area contributed by atoms with Crippen LogP contribution in [0.15, 0.2) is 252 Å². The molecule has 1 spiro atoms. The van der Waals surface area contributed by atoms with Gasteiger partial charge in [0.05, 0.1) is 34.1 Å². The van der Waals surface area contributed by atoms with Crippen LogP contribution < -0.4 is 10.2 Å². The normalized spacial score (nSPS) is 21.5. The molecule has 338 valence electrons. The molecule has 15 rings (SSSR count). The van der Waals surface area contributed by atoms with Crippen molar-refractivity contribution in [1.29, 1.82) is 5.26 Å². The Labute approximate surface area is 417 Å². The number of nitriles is 1. The van der Waals surface area contributed by atoms with E-state index in [0.717, 1.165) is 62.0 Å². The number of rotatable bonds is 5. The average Bonchev–Trinajstić information content (AvgIpc) is 3.99. The van der Waals surface area contributed by atoms with Gasteiger partial charge in [-0.2, -0.15) is 5.26 Å². The largest absolute Gasteiger partial charge is 0.324 e. The molecule has 3 heterocycles. The van der Waals surface area contributed by atoms with Crippen molar-refractivity contribution in [3.8, 4) is 34.0 Å². The lowest BCUT2D eigenvalue weighted by molar-refractivity contribution is 0.575. The summed E-state index contributed by atoms with van der Waals surface area (Å²) in [5.41, 5.74) is 18.5. The second-order valence-electron chi connectivity index (χ2n) is 19.5. The smallest absolute Gasteiger partial charge is 0.221 e. The Morgan fingerprint density at radius 1 is 0.528 bits per heavy atom. The van der Waals surface area contributed by atoms with E-state index in [2.05, 4.69) is 245 Å². The molecule has 0 fully saturated rings.